The smallest absolute Gasteiger partial charge is 0.120 e. The molecule has 0 aromatic rings. The molecule has 0 aromatic heterocycles. The summed E-state index contributed by atoms with van der Waals surface area (Å²) in [6, 6.07) is 0. The molecule has 16 heavy (non-hydrogen) atoms. The van der Waals surface area contributed by atoms with Gasteiger partial charge in [0.2, 0.25) is 0 Å². The molecule has 0 amide bonds. The van der Waals surface area contributed by atoms with E-state index < -0.39 is 5.41 Å². The van der Waals surface area contributed by atoms with Crippen LogP contribution in [0.25, 0.3) is 0 Å². The first-order valence-corrected chi connectivity index (χ1v) is 5.15. The van der Waals surface area contributed by atoms with E-state index in [2.05, 4.69) is 0 Å². The summed E-state index contributed by atoms with van der Waals surface area (Å²) in [5, 5.41) is 0. The van der Waals surface area contributed by atoms with Crippen LogP contribution in [-0.2, 0) is 19.2 Å². The summed E-state index contributed by atoms with van der Waals surface area (Å²) in [7, 11) is 0. The van der Waals surface area contributed by atoms with Crippen LogP contribution in [0.2, 0.25) is 0 Å². The molecule has 90 valence electrons. The molecule has 0 spiro atoms. The Balaban J connectivity index is 5.01. The molecule has 0 aliphatic heterocycles. The Morgan fingerprint density at radius 3 is 1.56 bits per heavy atom. The van der Waals surface area contributed by atoms with E-state index in [4.69, 9.17) is 5.73 Å². The Morgan fingerprint density at radius 1 is 0.875 bits per heavy atom. The van der Waals surface area contributed by atoms with Crippen molar-refractivity contribution in [1.82, 2.24) is 0 Å². The first-order valence-electron chi connectivity index (χ1n) is 5.15. The molecule has 0 aromatic carbocycles. The number of hydrogen-bond donors (Lipinski definition) is 1. The number of aldehydes is 4. The van der Waals surface area contributed by atoms with Crippen LogP contribution >= 0.6 is 0 Å². The fourth-order valence-electron chi connectivity index (χ4n) is 1.91. The summed E-state index contributed by atoms with van der Waals surface area (Å²) < 4.78 is 0. The Bertz CT molecular complexity index is 232. The number of carbonyl (C=O) groups excluding carboxylic acids is 4. The van der Waals surface area contributed by atoms with E-state index in [1.165, 1.54) is 0 Å². The summed E-state index contributed by atoms with van der Waals surface area (Å²) in [6.07, 6.45) is 3.19. The van der Waals surface area contributed by atoms with Gasteiger partial charge in [-0.2, -0.15) is 0 Å². The third-order valence-electron chi connectivity index (χ3n) is 3.01. The van der Waals surface area contributed by atoms with Crippen LogP contribution in [0.15, 0.2) is 0 Å². The fraction of sp³-hybridized carbons (Fsp3) is 0.636. The average molecular weight is 227 g/mol. The van der Waals surface area contributed by atoms with Crippen molar-refractivity contribution < 1.29 is 19.2 Å². The lowest BCUT2D eigenvalue weighted by Crippen LogP contribution is -2.39. The molecule has 0 saturated carbocycles. The largest absolute Gasteiger partial charge is 0.330 e. The first kappa shape index (κ1) is 14.6. The van der Waals surface area contributed by atoms with Gasteiger partial charge < -0.3 is 24.9 Å². The SMILES string of the molecule is NCC(CC=O)(CC=O)C(CC=O)CC=O. The second-order valence-corrected chi connectivity index (χ2v) is 3.81. The van der Waals surface area contributed by atoms with E-state index in [0.29, 0.717) is 25.1 Å². The molecule has 0 atom stereocenters. The van der Waals surface area contributed by atoms with Crippen LogP contribution in [0, 0.1) is 11.3 Å². The number of nitrogens with two attached hydrogens (primary N) is 1. The van der Waals surface area contributed by atoms with Crippen LogP contribution in [0.4, 0.5) is 0 Å². The highest BCUT2D eigenvalue weighted by Crippen LogP contribution is 2.36. The van der Waals surface area contributed by atoms with Crippen molar-refractivity contribution in [2.75, 3.05) is 6.54 Å². The molecule has 0 heterocycles. The van der Waals surface area contributed by atoms with Crippen molar-refractivity contribution in [3.8, 4) is 0 Å². The highest BCUT2D eigenvalue weighted by atomic mass is 16.1. The third-order valence-corrected chi connectivity index (χ3v) is 3.01. The van der Waals surface area contributed by atoms with E-state index in [1.54, 1.807) is 0 Å². The maximum atomic E-state index is 10.6. The Labute approximate surface area is 94.4 Å². The van der Waals surface area contributed by atoms with Gasteiger partial charge >= 0.3 is 0 Å². The van der Waals surface area contributed by atoms with Crippen LogP contribution in [-0.4, -0.2) is 31.7 Å². The second-order valence-electron chi connectivity index (χ2n) is 3.81. The van der Waals surface area contributed by atoms with Gasteiger partial charge in [-0.3, -0.25) is 0 Å². The van der Waals surface area contributed by atoms with E-state index >= 15 is 0 Å². The van der Waals surface area contributed by atoms with Crippen molar-refractivity contribution in [3.05, 3.63) is 0 Å². The number of carbonyl (C=O) groups is 4. The summed E-state index contributed by atoms with van der Waals surface area (Å²) in [6.45, 7) is 0.108. The molecule has 0 bridgehead atoms. The van der Waals surface area contributed by atoms with Gasteiger partial charge in [0.05, 0.1) is 0 Å². The Morgan fingerprint density at radius 2 is 1.31 bits per heavy atom. The summed E-state index contributed by atoms with van der Waals surface area (Å²) >= 11 is 0. The van der Waals surface area contributed by atoms with Crippen molar-refractivity contribution >= 4 is 25.1 Å². The number of hydrogen-bond acceptors (Lipinski definition) is 5. The van der Waals surface area contributed by atoms with Crippen LogP contribution < -0.4 is 5.73 Å². The van der Waals surface area contributed by atoms with Gasteiger partial charge in [0, 0.05) is 25.7 Å². The van der Waals surface area contributed by atoms with Crippen LogP contribution in [0.1, 0.15) is 25.7 Å². The van der Waals surface area contributed by atoms with E-state index in [9.17, 15) is 19.2 Å². The van der Waals surface area contributed by atoms with Crippen LogP contribution in [0.3, 0.4) is 0 Å². The Hall–Kier alpha value is -1.36. The zero-order valence-electron chi connectivity index (χ0n) is 9.13. The van der Waals surface area contributed by atoms with Crippen molar-refractivity contribution in [1.29, 1.82) is 0 Å². The predicted octanol–water partition coefficient (Wildman–Crippen LogP) is -0.0963. The molecule has 0 rings (SSSR count). The zero-order chi connectivity index (χ0) is 12.4. The van der Waals surface area contributed by atoms with E-state index in [1.807, 2.05) is 0 Å². The minimum Gasteiger partial charge on any atom is -0.330 e. The minimum absolute atomic E-state index is 0.0919. The standard InChI is InChI=1S/C11H17NO4/c12-9-11(3-7-15,4-8-16)10(1-5-13)2-6-14/h5-8,10H,1-4,9,12H2. The van der Waals surface area contributed by atoms with E-state index in [0.717, 1.165) is 0 Å². The molecule has 5 nitrogen and oxygen atoms in total. The molecule has 0 aliphatic rings. The lowest BCUT2D eigenvalue weighted by Gasteiger charge is -2.35. The topological polar surface area (TPSA) is 94.3 Å². The predicted molar refractivity (Wildman–Crippen MR) is 57.7 cm³/mol. The van der Waals surface area contributed by atoms with Gasteiger partial charge in [0.15, 0.2) is 0 Å². The lowest BCUT2D eigenvalue weighted by atomic mass is 9.68. The zero-order valence-corrected chi connectivity index (χ0v) is 9.13. The van der Waals surface area contributed by atoms with Crippen molar-refractivity contribution in [3.63, 3.8) is 0 Å². The highest BCUT2D eigenvalue weighted by molar-refractivity contribution is 5.59. The van der Waals surface area contributed by atoms with Gasteiger partial charge in [-0.1, -0.05) is 0 Å². The molecule has 0 radical (unpaired) electrons. The van der Waals surface area contributed by atoms with Crippen molar-refractivity contribution in [2.24, 2.45) is 17.1 Å². The third kappa shape index (κ3) is 3.66. The van der Waals surface area contributed by atoms with Crippen LogP contribution in [0.5, 0.6) is 0 Å². The molecule has 0 fully saturated rings. The second kappa shape index (κ2) is 7.87. The van der Waals surface area contributed by atoms with Gasteiger partial charge in [-0.25, -0.2) is 0 Å². The molecule has 0 unspecified atom stereocenters. The lowest BCUT2D eigenvalue weighted by molar-refractivity contribution is -0.119. The molecule has 5 heteroatoms. The van der Waals surface area contributed by atoms with Crippen molar-refractivity contribution in [2.45, 2.75) is 25.7 Å². The highest BCUT2D eigenvalue weighted by Gasteiger charge is 2.36. The monoisotopic (exact) mass is 227 g/mol. The van der Waals surface area contributed by atoms with Gasteiger partial charge in [0.25, 0.3) is 0 Å². The molecular formula is C11H17NO4. The number of rotatable bonds is 10. The molecule has 0 aliphatic carbocycles. The summed E-state index contributed by atoms with van der Waals surface area (Å²) in [5.41, 5.74) is 4.83. The minimum atomic E-state index is -0.759. The molecule has 0 saturated heterocycles. The normalized spacial score (nSPS) is 11.1. The van der Waals surface area contributed by atoms with Gasteiger partial charge in [0.1, 0.15) is 25.1 Å². The quantitative estimate of drug-likeness (QED) is 0.526. The summed E-state index contributed by atoms with van der Waals surface area (Å²) in [4.78, 5) is 42.3. The first-order chi connectivity index (χ1) is 7.70. The van der Waals surface area contributed by atoms with Gasteiger partial charge in [-0.05, 0) is 17.9 Å². The van der Waals surface area contributed by atoms with E-state index in [-0.39, 0.29) is 38.1 Å². The Kier molecular flexibility index (Phi) is 7.20. The average Bonchev–Trinajstić information content (AvgIpc) is 2.28. The fourth-order valence-corrected chi connectivity index (χ4v) is 1.91. The summed E-state index contributed by atoms with van der Waals surface area (Å²) in [5.74, 6) is -0.345. The van der Waals surface area contributed by atoms with Gasteiger partial charge in [-0.15, -0.1) is 0 Å². The molecular weight excluding hydrogens is 210 g/mol. The maximum Gasteiger partial charge on any atom is 0.120 e. The maximum absolute atomic E-state index is 10.6. The molecule has 2 N–H and O–H groups in total.